The number of amides is 1. The van der Waals surface area contributed by atoms with E-state index in [2.05, 4.69) is 15.3 Å². The van der Waals surface area contributed by atoms with E-state index < -0.39 is 0 Å². The van der Waals surface area contributed by atoms with Gasteiger partial charge in [-0.3, -0.25) is 14.6 Å². The summed E-state index contributed by atoms with van der Waals surface area (Å²) in [6.45, 7) is 5.10. The number of aromatic nitrogens is 4. The Hall–Kier alpha value is -3.29. The SMILES string of the molecule is COc1cc2c(cc1OC)CN(C(=O)c1cc(-c3c(C)nn(C)c3C)n[nH]1)CC2. The number of aromatic amines is 1. The number of benzene rings is 1. The van der Waals surface area contributed by atoms with Crippen LogP contribution in [0.1, 0.15) is 33.0 Å². The minimum atomic E-state index is -0.0663. The van der Waals surface area contributed by atoms with Crippen LogP contribution in [0, 0.1) is 13.8 Å². The highest BCUT2D eigenvalue weighted by molar-refractivity contribution is 5.93. The lowest BCUT2D eigenvalue weighted by atomic mass is 9.98. The Morgan fingerprint density at radius 2 is 1.79 bits per heavy atom. The largest absolute Gasteiger partial charge is 0.493 e. The third kappa shape index (κ3) is 3.24. The second-order valence-corrected chi connectivity index (χ2v) is 7.29. The lowest BCUT2D eigenvalue weighted by molar-refractivity contribution is 0.0728. The number of aryl methyl sites for hydroxylation is 2. The summed E-state index contributed by atoms with van der Waals surface area (Å²) in [6.07, 6.45) is 0.767. The number of methoxy groups -OCH3 is 2. The predicted molar refractivity (Wildman–Crippen MR) is 108 cm³/mol. The van der Waals surface area contributed by atoms with E-state index in [-0.39, 0.29) is 5.91 Å². The summed E-state index contributed by atoms with van der Waals surface area (Å²) in [6, 6.07) is 5.76. The highest BCUT2D eigenvalue weighted by Gasteiger charge is 2.25. The molecule has 0 unspecified atom stereocenters. The summed E-state index contributed by atoms with van der Waals surface area (Å²) in [4.78, 5) is 14.9. The highest BCUT2D eigenvalue weighted by Crippen LogP contribution is 2.33. The minimum Gasteiger partial charge on any atom is -0.493 e. The van der Waals surface area contributed by atoms with Gasteiger partial charge in [-0.15, -0.1) is 0 Å². The Bertz CT molecular complexity index is 1080. The van der Waals surface area contributed by atoms with Crippen molar-refractivity contribution in [3.05, 3.63) is 46.4 Å². The van der Waals surface area contributed by atoms with E-state index in [9.17, 15) is 4.79 Å². The Morgan fingerprint density at radius 3 is 2.41 bits per heavy atom. The van der Waals surface area contributed by atoms with Gasteiger partial charge < -0.3 is 14.4 Å². The van der Waals surface area contributed by atoms with Gasteiger partial charge in [0.05, 0.1) is 25.6 Å². The van der Waals surface area contributed by atoms with Crippen molar-refractivity contribution >= 4 is 5.91 Å². The fourth-order valence-corrected chi connectivity index (χ4v) is 3.93. The van der Waals surface area contributed by atoms with Gasteiger partial charge >= 0.3 is 0 Å². The quantitative estimate of drug-likeness (QED) is 0.734. The molecule has 1 amide bonds. The molecule has 0 atom stereocenters. The number of hydrogen-bond acceptors (Lipinski definition) is 5. The van der Waals surface area contributed by atoms with Gasteiger partial charge in [-0.1, -0.05) is 0 Å². The fraction of sp³-hybridized carbons (Fsp3) is 0.381. The molecule has 8 nitrogen and oxygen atoms in total. The van der Waals surface area contributed by atoms with Crippen LogP contribution in [0.4, 0.5) is 0 Å². The summed E-state index contributed by atoms with van der Waals surface area (Å²) >= 11 is 0. The molecule has 3 heterocycles. The van der Waals surface area contributed by atoms with Gasteiger partial charge in [0, 0.05) is 31.4 Å². The van der Waals surface area contributed by atoms with Gasteiger partial charge in [-0.25, -0.2) is 0 Å². The number of nitrogens with one attached hydrogen (secondary N) is 1. The molecule has 1 aliphatic rings. The van der Waals surface area contributed by atoms with Crippen LogP contribution in [0.25, 0.3) is 11.3 Å². The van der Waals surface area contributed by atoms with E-state index in [0.717, 1.165) is 34.6 Å². The second-order valence-electron chi connectivity index (χ2n) is 7.29. The van der Waals surface area contributed by atoms with Crippen LogP contribution in [0.2, 0.25) is 0 Å². The number of hydrogen-bond donors (Lipinski definition) is 1. The predicted octanol–water partition coefficient (Wildman–Crippen LogP) is 2.64. The molecule has 0 saturated heterocycles. The Balaban J connectivity index is 1.58. The van der Waals surface area contributed by atoms with E-state index >= 15 is 0 Å². The van der Waals surface area contributed by atoms with Crippen LogP contribution in [-0.2, 0) is 20.0 Å². The molecule has 0 spiro atoms. The van der Waals surface area contributed by atoms with Gasteiger partial charge in [0.25, 0.3) is 5.91 Å². The summed E-state index contributed by atoms with van der Waals surface area (Å²) < 4.78 is 12.6. The number of carbonyl (C=O) groups is 1. The zero-order valence-electron chi connectivity index (χ0n) is 17.4. The Labute approximate surface area is 169 Å². The number of fused-ring (bicyclic) bond motifs is 1. The first-order valence-electron chi connectivity index (χ1n) is 9.52. The monoisotopic (exact) mass is 395 g/mol. The van der Waals surface area contributed by atoms with Gasteiger partial charge in [-0.05, 0) is 49.6 Å². The van der Waals surface area contributed by atoms with Crippen molar-refractivity contribution in [3.8, 4) is 22.8 Å². The molecule has 0 fully saturated rings. The van der Waals surface area contributed by atoms with Crippen molar-refractivity contribution in [1.29, 1.82) is 0 Å². The fourth-order valence-electron chi connectivity index (χ4n) is 3.93. The average Bonchev–Trinajstić information content (AvgIpc) is 3.30. The molecule has 0 aliphatic carbocycles. The van der Waals surface area contributed by atoms with Gasteiger partial charge in [0.2, 0.25) is 0 Å². The van der Waals surface area contributed by atoms with Crippen LogP contribution in [-0.4, -0.2) is 51.5 Å². The van der Waals surface area contributed by atoms with Crippen LogP contribution in [0.5, 0.6) is 11.5 Å². The van der Waals surface area contributed by atoms with Gasteiger partial charge in [-0.2, -0.15) is 10.2 Å². The maximum atomic E-state index is 13.1. The van der Waals surface area contributed by atoms with Crippen molar-refractivity contribution in [2.75, 3.05) is 20.8 Å². The lowest BCUT2D eigenvalue weighted by Gasteiger charge is -2.29. The molecule has 0 radical (unpaired) electrons. The summed E-state index contributed by atoms with van der Waals surface area (Å²) in [5, 5.41) is 11.7. The van der Waals surface area contributed by atoms with E-state index in [0.29, 0.717) is 30.3 Å². The molecule has 29 heavy (non-hydrogen) atoms. The zero-order valence-corrected chi connectivity index (χ0v) is 17.4. The van der Waals surface area contributed by atoms with Gasteiger partial charge in [0.1, 0.15) is 5.69 Å². The van der Waals surface area contributed by atoms with E-state index in [4.69, 9.17) is 9.47 Å². The topological polar surface area (TPSA) is 85.3 Å². The molecule has 2 aromatic heterocycles. The Kier molecular flexibility index (Phi) is 4.77. The molecule has 8 heteroatoms. The third-order valence-electron chi connectivity index (χ3n) is 5.58. The molecule has 0 bridgehead atoms. The molecule has 1 N–H and O–H groups in total. The molecule has 3 aromatic rings. The number of carbonyl (C=O) groups excluding carboxylic acids is 1. The molecule has 0 saturated carbocycles. The molecular weight excluding hydrogens is 370 g/mol. The Morgan fingerprint density at radius 1 is 1.10 bits per heavy atom. The first-order valence-corrected chi connectivity index (χ1v) is 9.52. The number of rotatable bonds is 4. The maximum absolute atomic E-state index is 13.1. The maximum Gasteiger partial charge on any atom is 0.272 e. The summed E-state index contributed by atoms with van der Waals surface area (Å²) in [5.41, 5.74) is 6.33. The van der Waals surface area contributed by atoms with E-state index in [1.165, 1.54) is 5.56 Å². The van der Waals surface area contributed by atoms with Crippen LogP contribution in [0.15, 0.2) is 18.2 Å². The van der Waals surface area contributed by atoms with Crippen molar-refractivity contribution in [1.82, 2.24) is 24.9 Å². The van der Waals surface area contributed by atoms with E-state index in [1.807, 2.05) is 48.7 Å². The van der Waals surface area contributed by atoms with Gasteiger partial charge in [0.15, 0.2) is 11.5 Å². The van der Waals surface area contributed by atoms with Crippen molar-refractivity contribution in [2.45, 2.75) is 26.8 Å². The smallest absolute Gasteiger partial charge is 0.272 e. The molecule has 1 aromatic carbocycles. The minimum absolute atomic E-state index is 0.0663. The molecular formula is C21H25N5O3. The third-order valence-corrected chi connectivity index (χ3v) is 5.58. The van der Waals surface area contributed by atoms with Crippen LogP contribution < -0.4 is 9.47 Å². The highest BCUT2D eigenvalue weighted by atomic mass is 16.5. The summed E-state index contributed by atoms with van der Waals surface area (Å²) in [7, 11) is 5.15. The molecule has 4 rings (SSSR count). The lowest BCUT2D eigenvalue weighted by Crippen LogP contribution is -2.36. The van der Waals surface area contributed by atoms with Crippen LogP contribution >= 0.6 is 0 Å². The standard InChI is InChI=1S/C21H25N5O3/c1-12-20(13(2)25(3)24-12)16-10-17(23-22-16)21(27)26-7-6-14-8-18(28-4)19(29-5)9-15(14)11-26/h8-10H,6-7,11H2,1-5H3,(H,22,23). The normalized spacial score (nSPS) is 13.3. The van der Waals surface area contributed by atoms with Crippen molar-refractivity contribution < 1.29 is 14.3 Å². The number of nitrogens with zero attached hydrogens (tertiary/aromatic N) is 4. The van der Waals surface area contributed by atoms with Crippen molar-refractivity contribution in [3.63, 3.8) is 0 Å². The van der Waals surface area contributed by atoms with E-state index in [1.54, 1.807) is 14.2 Å². The van der Waals surface area contributed by atoms with Crippen molar-refractivity contribution in [2.24, 2.45) is 7.05 Å². The second kappa shape index (κ2) is 7.27. The molecule has 152 valence electrons. The zero-order chi connectivity index (χ0) is 20.7. The first kappa shape index (κ1) is 19.0. The average molecular weight is 395 g/mol. The molecule has 1 aliphatic heterocycles. The van der Waals surface area contributed by atoms with Crippen LogP contribution in [0.3, 0.4) is 0 Å². The number of ether oxygens (including phenoxy) is 2. The summed E-state index contributed by atoms with van der Waals surface area (Å²) in [5.74, 6) is 1.32. The number of H-pyrrole nitrogens is 1. The first-order chi connectivity index (χ1) is 13.9.